The summed E-state index contributed by atoms with van der Waals surface area (Å²) in [6.07, 6.45) is 0.322. The predicted octanol–water partition coefficient (Wildman–Crippen LogP) is 2.18. The zero-order valence-electron chi connectivity index (χ0n) is 15.5. The minimum absolute atomic E-state index is 0.0339. The molecule has 0 aliphatic carbocycles. The molecule has 0 unspecified atom stereocenters. The van der Waals surface area contributed by atoms with Gasteiger partial charge in [-0.25, -0.2) is 21.9 Å². The van der Waals surface area contributed by atoms with Crippen LogP contribution in [0, 0.1) is 11.6 Å². The maximum atomic E-state index is 13.5. The molecule has 1 heterocycles. The van der Waals surface area contributed by atoms with E-state index in [2.05, 4.69) is 10.0 Å². The number of anilines is 2. The van der Waals surface area contributed by atoms with Crippen molar-refractivity contribution in [2.24, 2.45) is 0 Å². The Balaban J connectivity index is 1.59. The first kappa shape index (κ1) is 20.9. The first-order valence-electron chi connectivity index (χ1n) is 8.83. The van der Waals surface area contributed by atoms with Gasteiger partial charge in [-0.05, 0) is 42.3 Å². The number of fused-ring (bicyclic) bond motifs is 1. The van der Waals surface area contributed by atoms with Gasteiger partial charge in [-0.1, -0.05) is 0 Å². The highest BCUT2D eigenvalue weighted by molar-refractivity contribution is 7.89. The molecule has 0 atom stereocenters. The molecule has 29 heavy (non-hydrogen) atoms. The third-order valence-electron chi connectivity index (χ3n) is 4.49. The summed E-state index contributed by atoms with van der Waals surface area (Å²) in [5.41, 5.74) is 1.26. The molecule has 0 aromatic heterocycles. The van der Waals surface area contributed by atoms with Crippen molar-refractivity contribution in [2.45, 2.75) is 24.7 Å². The fourth-order valence-electron chi connectivity index (χ4n) is 3.06. The van der Waals surface area contributed by atoms with Crippen LogP contribution in [0.4, 0.5) is 20.2 Å². The molecular weight excluding hydrogens is 404 g/mol. The second kappa shape index (κ2) is 8.26. The van der Waals surface area contributed by atoms with Gasteiger partial charge in [0.05, 0.1) is 10.6 Å². The predicted molar refractivity (Wildman–Crippen MR) is 103 cm³/mol. The minimum atomic E-state index is -3.86. The molecule has 3 rings (SSSR count). The zero-order valence-corrected chi connectivity index (χ0v) is 16.4. The highest BCUT2D eigenvalue weighted by atomic mass is 32.2. The third kappa shape index (κ3) is 4.77. The molecule has 10 heteroatoms. The quantitative estimate of drug-likeness (QED) is 0.745. The lowest BCUT2D eigenvalue weighted by atomic mass is 10.2. The van der Waals surface area contributed by atoms with E-state index in [1.54, 1.807) is 11.0 Å². The van der Waals surface area contributed by atoms with Crippen molar-refractivity contribution < 1.29 is 26.8 Å². The van der Waals surface area contributed by atoms with E-state index in [0.717, 1.165) is 17.7 Å². The molecule has 0 saturated heterocycles. The average Bonchev–Trinajstić information content (AvgIpc) is 3.07. The summed E-state index contributed by atoms with van der Waals surface area (Å²) in [5.74, 6) is -2.42. The lowest BCUT2D eigenvalue weighted by Crippen LogP contribution is -2.28. The highest BCUT2D eigenvalue weighted by Crippen LogP contribution is 2.30. The van der Waals surface area contributed by atoms with Crippen LogP contribution in [0.15, 0.2) is 41.3 Å². The van der Waals surface area contributed by atoms with E-state index in [0.29, 0.717) is 24.7 Å². The van der Waals surface area contributed by atoms with Crippen molar-refractivity contribution in [1.82, 2.24) is 4.72 Å². The van der Waals surface area contributed by atoms with Crippen molar-refractivity contribution >= 4 is 33.2 Å². The Labute approximate surface area is 166 Å². The van der Waals surface area contributed by atoms with Crippen molar-refractivity contribution in [3.63, 3.8) is 0 Å². The Kier molecular flexibility index (Phi) is 5.94. The van der Waals surface area contributed by atoms with Crippen molar-refractivity contribution in [2.75, 3.05) is 23.3 Å². The Morgan fingerprint density at radius 1 is 1.14 bits per heavy atom. The zero-order chi connectivity index (χ0) is 21.2. The van der Waals surface area contributed by atoms with Crippen LogP contribution in [-0.4, -0.2) is 33.3 Å². The van der Waals surface area contributed by atoms with Crippen molar-refractivity contribution in [3.05, 3.63) is 53.6 Å². The first-order chi connectivity index (χ1) is 13.7. The summed E-state index contributed by atoms with van der Waals surface area (Å²) >= 11 is 0. The summed E-state index contributed by atoms with van der Waals surface area (Å²) in [6.45, 7) is 1.75. The van der Waals surface area contributed by atoms with Crippen LogP contribution in [0.1, 0.15) is 18.9 Å². The molecule has 0 fully saturated rings. The number of benzene rings is 2. The largest absolute Gasteiger partial charge is 0.324 e. The van der Waals surface area contributed by atoms with E-state index < -0.39 is 27.6 Å². The van der Waals surface area contributed by atoms with Crippen LogP contribution in [-0.2, 0) is 26.0 Å². The number of halogens is 2. The van der Waals surface area contributed by atoms with Crippen LogP contribution >= 0.6 is 0 Å². The number of rotatable bonds is 6. The number of hydrogen-bond acceptors (Lipinski definition) is 4. The van der Waals surface area contributed by atoms with Gasteiger partial charge in [0.25, 0.3) is 0 Å². The van der Waals surface area contributed by atoms with Crippen LogP contribution in [0.5, 0.6) is 0 Å². The van der Waals surface area contributed by atoms with Gasteiger partial charge in [0.2, 0.25) is 21.8 Å². The van der Waals surface area contributed by atoms with Gasteiger partial charge in [-0.3, -0.25) is 9.59 Å². The molecule has 7 nitrogen and oxygen atoms in total. The highest BCUT2D eigenvalue weighted by Gasteiger charge is 2.24. The smallest absolute Gasteiger partial charge is 0.240 e. The van der Waals surface area contributed by atoms with Crippen LogP contribution in [0.3, 0.4) is 0 Å². The minimum Gasteiger partial charge on any atom is -0.324 e. The number of sulfonamides is 1. The normalized spacial score (nSPS) is 13.3. The standard InChI is InChI=1S/C19H19F2N3O4S/c1-12(25)24-9-7-13-10-15(3-5-18(13)24)29(27,28)22-8-6-19(26)23-17-4-2-14(20)11-16(17)21/h2-5,10-11,22H,6-9H2,1H3,(H,23,26). The van der Waals surface area contributed by atoms with Crippen LogP contribution in [0.25, 0.3) is 0 Å². The Morgan fingerprint density at radius 2 is 1.90 bits per heavy atom. The molecule has 2 aromatic carbocycles. The summed E-state index contributed by atoms with van der Waals surface area (Å²) in [4.78, 5) is 25.1. The molecule has 0 spiro atoms. The lowest BCUT2D eigenvalue weighted by Gasteiger charge is -2.15. The molecule has 0 bridgehead atoms. The van der Waals surface area contributed by atoms with Crippen LogP contribution in [0.2, 0.25) is 0 Å². The second-order valence-electron chi connectivity index (χ2n) is 6.53. The topological polar surface area (TPSA) is 95.6 Å². The van der Waals surface area contributed by atoms with Crippen LogP contribution < -0.4 is 14.9 Å². The molecule has 0 saturated carbocycles. The maximum absolute atomic E-state index is 13.5. The average molecular weight is 423 g/mol. The maximum Gasteiger partial charge on any atom is 0.240 e. The van der Waals surface area contributed by atoms with Gasteiger partial charge >= 0.3 is 0 Å². The summed E-state index contributed by atoms with van der Waals surface area (Å²) in [7, 11) is -3.86. The molecule has 2 N–H and O–H groups in total. The molecule has 0 radical (unpaired) electrons. The number of amides is 2. The number of nitrogens with one attached hydrogen (secondary N) is 2. The van der Waals surface area contributed by atoms with E-state index in [1.165, 1.54) is 19.1 Å². The fraction of sp³-hybridized carbons (Fsp3) is 0.263. The number of carbonyl (C=O) groups is 2. The van der Waals surface area contributed by atoms with E-state index in [9.17, 15) is 26.8 Å². The number of nitrogens with zero attached hydrogens (tertiary/aromatic N) is 1. The molecule has 1 aliphatic rings. The van der Waals surface area contributed by atoms with E-state index >= 15 is 0 Å². The second-order valence-corrected chi connectivity index (χ2v) is 8.30. The van der Waals surface area contributed by atoms with Gasteiger partial charge in [0.15, 0.2) is 0 Å². The fourth-order valence-corrected chi connectivity index (χ4v) is 4.14. The van der Waals surface area contributed by atoms with Crippen molar-refractivity contribution in [3.8, 4) is 0 Å². The van der Waals surface area contributed by atoms with Crippen molar-refractivity contribution in [1.29, 1.82) is 0 Å². The van der Waals surface area contributed by atoms with Gasteiger partial charge in [-0.2, -0.15) is 0 Å². The van der Waals surface area contributed by atoms with Gasteiger partial charge in [0, 0.05) is 38.2 Å². The number of hydrogen-bond donors (Lipinski definition) is 2. The third-order valence-corrected chi connectivity index (χ3v) is 5.94. The molecule has 1 aliphatic heterocycles. The molecule has 2 aromatic rings. The Hall–Kier alpha value is -2.85. The van der Waals surface area contributed by atoms with Gasteiger partial charge in [-0.15, -0.1) is 0 Å². The molecular formula is C19H19F2N3O4S. The van der Waals surface area contributed by atoms with Gasteiger partial charge in [0.1, 0.15) is 11.6 Å². The van der Waals surface area contributed by atoms with E-state index in [4.69, 9.17) is 0 Å². The van der Waals surface area contributed by atoms with E-state index in [1.807, 2.05) is 0 Å². The Bertz CT molecular complexity index is 1070. The Morgan fingerprint density at radius 3 is 2.59 bits per heavy atom. The summed E-state index contributed by atoms with van der Waals surface area (Å²) in [5, 5.41) is 2.26. The summed E-state index contributed by atoms with van der Waals surface area (Å²) < 4.78 is 53.6. The monoisotopic (exact) mass is 423 g/mol. The van der Waals surface area contributed by atoms with E-state index in [-0.39, 0.29) is 29.5 Å². The number of carbonyl (C=O) groups excluding carboxylic acids is 2. The SMILES string of the molecule is CC(=O)N1CCc2cc(S(=O)(=O)NCCC(=O)Nc3ccc(F)cc3F)ccc21. The lowest BCUT2D eigenvalue weighted by molar-refractivity contribution is -0.117. The first-order valence-corrected chi connectivity index (χ1v) is 10.3. The van der Waals surface area contributed by atoms with Gasteiger partial charge < -0.3 is 10.2 Å². The molecule has 154 valence electrons. The molecule has 2 amide bonds. The summed E-state index contributed by atoms with van der Waals surface area (Å²) in [6, 6.07) is 7.22.